The van der Waals surface area contributed by atoms with Crippen LogP contribution in [0.1, 0.15) is 189 Å². The quantitative estimate of drug-likeness (QED) is 0.0566. The minimum atomic E-state index is -0.0239. The highest BCUT2D eigenvalue weighted by atomic mass is 16.5. The van der Waals surface area contributed by atoms with Crippen molar-refractivity contribution < 1.29 is 9.53 Å². The average Bonchev–Trinajstić information content (AvgIpc) is 2.87. The minimum absolute atomic E-state index is 0.0239. The summed E-state index contributed by atoms with van der Waals surface area (Å²) in [6, 6.07) is 0. The van der Waals surface area contributed by atoms with Crippen LogP contribution < -0.4 is 0 Å². The van der Waals surface area contributed by atoms with Crippen molar-refractivity contribution in [1.29, 1.82) is 0 Å². The van der Waals surface area contributed by atoms with Gasteiger partial charge in [0.1, 0.15) is 6.61 Å². The molecule has 0 saturated heterocycles. The predicted octanol–water partition coefficient (Wildman–Crippen LogP) is 12.4. The zero-order valence-corrected chi connectivity index (χ0v) is 27.1. The first-order valence-electron chi connectivity index (χ1n) is 17.2. The van der Waals surface area contributed by atoms with E-state index in [0.717, 1.165) is 37.0 Å². The second-order valence-corrected chi connectivity index (χ2v) is 13.1. The van der Waals surface area contributed by atoms with Crippen LogP contribution in [0.15, 0.2) is 11.6 Å². The molecule has 2 atom stereocenters. The van der Waals surface area contributed by atoms with Crippen molar-refractivity contribution in [2.75, 3.05) is 6.61 Å². The van der Waals surface area contributed by atoms with Crippen LogP contribution in [0.5, 0.6) is 0 Å². The summed E-state index contributed by atoms with van der Waals surface area (Å²) in [6.45, 7) is 14.5. The molecule has 0 bridgehead atoms. The van der Waals surface area contributed by atoms with Gasteiger partial charge in [0.2, 0.25) is 0 Å². The summed E-state index contributed by atoms with van der Waals surface area (Å²) in [4.78, 5) is 12.0. The van der Waals surface area contributed by atoms with Crippen molar-refractivity contribution in [3.05, 3.63) is 11.6 Å². The van der Waals surface area contributed by atoms with Gasteiger partial charge in [0, 0.05) is 6.42 Å². The molecule has 38 heavy (non-hydrogen) atoms. The molecule has 0 saturated carbocycles. The van der Waals surface area contributed by atoms with E-state index in [1.807, 2.05) is 0 Å². The first-order chi connectivity index (χ1) is 18.3. The van der Waals surface area contributed by atoms with Crippen LogP contribution >= 0.6 is 0 Å². The fraction of sp³-hybridized carbons (Fsp3) is 0.917. The zero-order valence-electron chi connectivity index (χ0n) is 27.1. The van der Waals surface area contributed by atoms with Crippen LogP contribution in [0.3, 0.4) is 0 Å². The Morgan fingerprint density at radius 2 is 1.08 bits per heavy atom. The molecule has 0 aliphatic heterocycles. The Kier molecular flexibility index (Phi) is 27.2. The molecule has 226 valence electrons. The Morgan fingerprint density at radius 3 is 1.63 bits per heavy atom. The number of carbonyl (C=O) groups excluding carboxylic acids is 1. The largest absolute Gasteiger partial charge is 0.461 e. The molecule has 0 fully saturated rings. The van der Waals surface area contributed by atoms with Crippen LogP contribution in [-0.2, 0) is 9.53 Å². The smallest absolute Gasteiger partial charge is 0.306 e. The lowest BCUT2D eigenvalue weighted by molar-refractivity contribution is -0.142. The van der Waals surface area contributed by atoms with E-state index < -0.39 is 0 Å². The Morgan fingerprint density at radius 1 is 0.605 bits per heavy atom. The summed E-state index contributed by atoms with van der Waals surface area (Å²) in [5, 5.41) is 0. The van der Waals surface area contributed by atoms with Gasteiger partial charge in [0.25, 0.3) is 0 Å². The lowest BCUT2D eigenvalue weighted by Crippen LogP contribution is -2.05. The van der Waals surface area contributed by atoms with Gasteiger partial charge in [-0.05, 0) is 56.4 Å². The van der Waals surface area contributed by atoms with E-state index in [-0.39, 0.29) is 5.97 Å². The van der Waals surface area contributed by atoms with E-state index in [9.17, 15) is 4.79 Å². The molecule has 2 heteroatoms. The number of rotatable bonds is 28. The van der Waals surface area contributed by atoms with Crippen LogP contribution in [0.25, 0.3) is 0 Å². The number of hydrogen-bond acceptors (Lipinski definition) is 2. The lowest BCUT2D eigenvalue weighted by atomic mass is 9.88. The number of hydrogen-bond donors (Lipinski definition) is 0. The fourth-order valence-electron chi connectivity index (χ4n) is 5.53. The van der Waals surface area contributed by atoms with Crippen molar-refractivity contribution in [3.8, 4) is 0 Å². The second kappa shape index (κ2) is 27.8. The molecule has 2 nitrogen and oxygen atoms in total. The van der Waals surface area contributed by atoms with E-state index >= 15 is 0 Å². The third-order valence-electron chi connectivity index (χ3n) is 8.22. The van der Waals surface area contributed by atoms with Crippen LogP contribution in [0, 0.1) is 17.8 Å². The monoisotopic (exact) mass is 535 g/mol. The molecule has 0 rings (SSSR count). The van der Waals surface area contributed by atoms with Crippen molar-refractivity contribution in [2.45, 2.75) is 189 Å². The molecule has 0 aromatic heterocycles. The van der Waals surface area contributed by atoms with Crippen LogP contribution in [0.2, 0.25) is 0 Å². The van der Waals surface area contributed by atoms with E-state index in [0.29, 0.717) is 13.0 Å². The summed E-state index contributed by atoms with van der Waals surface area (Å²) in [7, 11) is 0. The van der Waals surface area contributed by atoms with Gasteiger partial charge in [-0.25, -0.2) is 0 Å². The number of esters is 1. The predicted molar refractivity (Wildman–Crippen MR) is 170 cm³/mol. The van der Waals surface area contributed by atoms with Crippen molar-refractivity contribution in [1.82, 2.24) is 0 Å². The molecule has 0 amide bonds. The Labute approximate surface area is 240 Å². The van der Waals surface area contributed by atoms with Crippen molar-refractivity contribution in [2.24, 2.45) is 17.8 Å². The van der Waals surface area contributed by atoms with Crippen molar-refractivity contribution >= 4 is 5.97 Å². The van der Waals surface area contributed by atoms with Crippen LogP contribution in [0.4, 0.5) is 0 Å². The topological polar surface area (TPSA) is 26.3 Å². The van der Waals surface area contributed by atoms with Gasteiger partial charge in [-0.2, -0.15) is 0 Å². The molecule has 0 aromatic rings. The average molecular weight is 535 g/mol. The van der Waals surface area contributed by atoms with Gasteiger partial charge in [-0.15, -0.1) is 0 Å². The molecule has 0 aliphatic carbocycles. The normalized spacial score (nSPS) is 13.7. The summed E-state index contributed by atoms with van der Waals surface area (Å²) in [6.07, 6.45) is 32.0. The summed E-state index contributed by atoms with van der Waals surface area (Å²) in [5.74, 6) is 2.55. The molecule has 0 spiro atoms. The van der Waals surface area contributed by atoms with Gasteiger partial charge in [0.15, 0.2) is 0 Å². The van der Waals surface area contributed by atoms with Crippen LogP contribution in [-0.4, -0.2) is 12.6 Å². The summed E-state index contributed by atoms with van der Waals surface area (Å²) >= 11 is 0. The number of ether oxygens (including phenoxy) is 1. The van der Waals surface area contributed by atoms with E-state index in [1.54, 1.807) is 0 Å². The maximum atomic E-state index is 12.0. The number of unbranched alkanes of at least 4 members (excludes halogenated alkanes) is 15. The highest BCUT2D eigenvalue weighted by Gasteiger charge is 2.09. The molecule has 0 N–H and O–H groups in total. The maximum absolute atomic E-state index is 12.0. The van der Waals surface area contributed by atoms with E-state index in [1.165, 1.54) is 128 Å². The standard InChI is InChI=1S/C36H70O2/c1-7-8-9-10-11-12-13-14-15-18-21-24-33(4)29-30-38-36(37)26-23-20-17-16-19-22-25-34(5)31-35(6)28-27-32(2)3/h29,32,34-35H,7-28,30-31H2,1-6H3. The number of carbonyl (C=O) groups is 1. The molecule has 0 heterocycles. The highest BCUT2D eigenvalue weighted by molar-refractivity contribution is 5.69. The second-order valence-electron chi connectivity index (χ2n) is 13.1. The summed E-state index contributed by atoms with van der Waals surface area (Å²) in [5.41, 5.74) is 1.37. The molecule has 0 aliphatic rings. The summed E-state index contributed by atoms with van der Waals surface area (Å²) < 4.78 is 5.44. The minimum Gasteiger partial charge on any atom is -0.461 e. The third-order valence-corrected chi connectivity index (χ3v) is 8.22. The van der Waals surface area contributed by atoms with Gasteiger partial charge >= 0.3 is 5.97 Å². The van der Waals surface area contributed by atoms with Gasteiger partial charge in [-0.3, -0.25) is 4.79 Å². The molecule has 0 aromatic carbocycles. The molecular weight excluding hydrogens is 464 g/mol. The van der Waals surface area contributed by atoms with E-state index in [4.69, 9.17) is 4.74 Å². The Hall–Kier alpha value is -0.790. The number of allylic oxidation sites excluding steroid dienone is 1. The van der Waals surface area contributed by atoms with Crippen molar-refractivity contribution in [3.63, 3.8) is 0 Å². The maximum Gasteiger partial charge on any atom is 0.306 e. The van der Waals surface area contributed by atoms with Gasteiger partial charge in [-0.1, -0.05) is 156 Å². The zero-order chi connectivity index (χ0) is 28.3. The Bertz CT molecular complexity index is 535. The van der Waals surface area contributed by atoms with E-state index in [2.05, 4.69) is 47.6 Å². The fourth-order valence-corrected chi connectivity index (χ4v) is 5.53. The Balaban J connectivity index is 3.50. The lowest BCUT2D eigenvalue weighted by Gasteiger charge is -2.18. The molecule has 2 unspecified atom stereocenters. The first kappa shape index (κ1) is 37.2. The SMILES string of the molecule is CCCCCCCCCCCCCC(C)=CCOC(=O)CCCCCCCCC(C)CC(C)CCC(C)C. The molecule has 0 radical (unpaired) electrons. The van der Waals surface area contributed by atoms with Gasteiger partial charge < -0.3 is 4.74 Å². The van der Waals surface area contributed by atoms with Gasteiger partial charge in [0.05, 0.1) is 0 Å². The molecular formula is C36H70O2. The first-order valence-corrected chi connectivity index (χ1v) is 17.2. The third kappa shape index (κ3) is 28.2. The highest BCUT2D eigenvalue weighted by Crippen LogP contribution is 2.23.